The van der Waals surface area contributed by atoms with E-state index in [1.165, 1.54) is 0 Å². The van der Waals surface area contributed by atoms with E-state index in [-0.39, 0.29) is 5.91 Å². The maximum absolute atomic E-state index is 12.2. The van der Waals surface area contributed by atoms with Crippen molar-refractivity contribution >= 4 is 23.4 Å². The number of carbonyl (C=O) groups is 1. The Kier molecular flexibility index (Phi) is 3.27. The molecular weight excluding hydrogens is 286 g/mol. The molecule has 2 N–H and O–H groups in total. The van der Waals surface area contributed by atoms with Crippen molar-refractivity contribution in [3.8, 4) is 0 Å². The zero-order valence-electron chi connectivity index (χ0n) is 12.4. The Morgan fingerprint density at radius 3 is 2.57 bits per heavy atom. The summed E-state index contributed by atoms with van der Waals surface area (Å²) in [6.45, 7) is 0. The van der Waals surface area contributed by atoms with Gasteiger partial charge in [-0.05, 0) is 23.3 Å². The molecule has 4 heteroatoms. The molecule has 2 aliphatic rings. The van der Waals surface area contributed by atoms with E-state index >= 15 is 0 Å². The van der Waals surface area contributed by atoms with Crippen molar-refractivity contribution < 1.29 is 4.79 Å². The molecule has 0 bridgehead atoms. The van der Waals surface area contributed by atoms with Crippen molar-refractivity contribution in [3.05, 3.63) is 83.1 Å². The lowest BCUT2D eigenvalue weighted by molar-refractivity contribution is -0.116. The van der Waals surface area contributed by atoms with Gasteiger partial charge in [-0.3, -0.25) is 4.79 Å². The number of allylic oxidation sites excluding steroid dienone is 1. The molecule has 0 saturated heterocycles. The molecule has 0 atom stereocenters. The van der Waals surface area contributed by atoms with Crippen LogP contribution < -0.4 is 10.7 Å². The minimum absolute atomic E-state index is 0.164. The molecule has 2 heterocycles. The molecular formula is C19H15N3O. The second-order valence-corrected chi connectivity index (χ2v) is 5.50. The van der Waals surface area contributed by atoms with Crippen LogP contribution in [-0.2, 0) is 11.2 Å². The van der Waals surface area contributed by atoms with Gasteiger partial charge in [0, 0.05) is 12.1 Å². The molecule has 1 amide bonds. The number of benzene rings is 2. The summed E-state index contributed by atoms with van der Waals surface area (Å²) in [5.74, 6) is -0.164. The lowest BCUT2D eigenvalue weighted by Crippen LogP contribution is -2.19. The van der Waals surface area contributed by atoms with Gasteiger partial charge in [-0.1, -0.05) is 54.6 Å². The first kappa shape index (κ1) is 13.5. The Balaban J connectivity index is 1.69. The number of anilines is 1. The van der Waals surface area contributed by atoms with Crippen molar-refractivity contribution in [3.63, 3.8) is 0 Å². The third-order valence-corrected chi connectivity index (χ3v) is 3.95. The van der Waals surface area contributed by atoms with Gasteiger partial charge in [0.2, 0.25) is 0 Å². The quantitative estimate of drug-likeness (QED) is 0.837. The summed E-state index contributed by atoms with van der Waals surface area (Å²) in [6.07, 6.45) is 4.57. The van der Waals surface area contributed by atoms with Crippen LogP contribution in [0.5, 0.6) is 0 Å². The summed E-state index contributed by atoms with van der Waals surface area (Å²) < 4.78 is 0. The third kappa shape index (κ3) is 2.55. The summed E-state index contributed by atoms with van der Waals surface area (Å²) in [5.41, 5.74) is 7.96. The van der Waals surface area contributed by atoms with Gasteiger partial charge in [0.15, 0.2) is 0 Å². The number of hydrazone groups is 1. The van der Waals surface area contributed by atoms with Crippen LogP contribution in [0.15, 0.2) is 77.0 Å². The van der Waals surface area contributed by atoms with E-state index in [2.05, 4.69) is 15.8 Å². The Hall–Kier alpha value is -3.14. The Morgan fingerprint density at radius 1 is 0.913 bits per heavy atom. The van der Waals surface area contributed by atoms with Crippen LogP contribution in [0.3, 0.4) is 0 Å². The van der Waals surface area contributed by atoms with Crippen LogP contribution in [-0.4, -0.2) is 11.6 Å². The zero-order chi connectivity index (χ0) is 15.6. The topological polar surface area (TPSA) is 53.5 Å². The van der Waals surface area contributed by atoms with Gasteiger partial charge >= 0.3 is 0 Å². The van der Waals surface area contributed by atoms with Crippen molar-refractivity contribution in [2.45, 2.75) is 6.42 Å². The molecule has 2 aromatic carbocycles. The Bertz CT molecular complexity index is 863. The first-order chi connectivity index (χ1) is 11.3. The van der Waals surface area contributed by atoms with Crippen molar-refractivity contribution in [2.75, 3.05) is 5.32 Å². The SMILES string of the molecule is O=C1NN=C(Cc2ccccc2)/C1=C1\C=Cc2ccccc2N1. The molecule has 0 fully saturated rings. The molecule has 0 aliphatic carbocycles. The highest BCUT2D eigenvalue weighted by molar-refractivity contribution is 6.26. The Labute approximate surface area is 134 Å². The lowest BCUT2D eigenvalue weighted by atomic mass is 9.98. The standard InChI is InChI=1S/C19H15N3O/c23-19-18(16-11-10-14-8-4-5-9-15(14)20-16)17(21-22-19)12-13-6-2-1-3-7-13/h1-11,20H,12H2,(H,22,23)/b18-16-. The highest BCUT2D eigenvalue weighted by Crippen LogP contribution is 2.27. The van der Waals surface area contributed by atoms with Crippen molar-refractivity contribution in [1.29, 1.82) is 0 Å². The van der Waals surface area contributed by atoms with Gasteiger partial charge in [0.05, 0.1) is 17.0 Å². The van der Waals surface area contributed by atoms with Gasteiger partial charge in [0.25, 0.3) is 5.91 Å². The number of hydrogen-bond donors (Lipinski definition) is 2. The zero-order valence-corrected chi connectivity index (χ0v) is 12.4. The number of carbonyl (C=O) groups excluding carboxylic acids is 1. The molecule has 4 nitrogen and oxygen atoms in total. The average Bonchev–Trinajstić information content (AvgIpc) is 2.96. The van der Waals surface area contributed by atoms with Crippen LogP contribution >= 0.6 is 0 Å². The summed E-state index contributed by atoms with van der Waals surface area (Å²) in [5, 5.41) is 7.55. The maximum atomic E-state index is 12.2. The molecule has 23 heavy (non-hydrogen) atoms. The van der Waals surface area contributed by atoms with Crippen LogP contribution in [0.25, 0.3) is 6.08 Å². The number of hydrogen-bond acceptors (Lipinski definition) is 3. The Morgan fingerprint density at radius 2 is 1.70 bits per heavy atom. The first-order valence-electron chi connectivity index (χ1n) is 7.51. The summed E-state index contributed by atoms with van der Waals surface area (Å²) in [6, 6.07) is 18.0. The second kappa shape index (κ2) is 5.57. The van der Waals surface area contributed by atoms with Crippen LogP contribution in [0, 0.1) is 0 Å². The summed E-state index contributed by atoms with van der Waals surface area (Å²) in [4.78, 5) is 12.2. The van der Waals surface area contributed by atoms with E-state index in [1.807, 2.05) is 66.7 Å². The minimum Gasteiger partial charge on any atom is -0.354 e. The second-order valence-electron chi connectivity index (χ2n) is 5.50. The van der Waals surface area contributed by atoms with Crippen molar-refractivity contribution in [2.24, 2.45) is 5.10 Å². The summed E-state index contributed by atoms with van der Waals surface area (Å²) >= 11 is 0. The fraction of sp³-hybridized carbons (Fsp3) is 0.0526. The van der Waals surface area contributed by atoms with Crippen LogP contribution in [0.4, 0.5) is 5.69 Å². The monoisotopic (exact) mass is 301 g/mol. The van der Waals surface area contributed by atoms with E-state index in [1.54, 1.807) is 0 Å². The number of amides is 1. The number of rotatable bonds is 2. The molecule has 2 aliphatic heterocycles. The molecule has 4 rings (SSSR count). The number of nitrogens with zero attached hydrogens (tertiary/aromatic N) is 1. The maximum Gasteiger partial charge on any atom is 0.275 e. The predicted octanol–water partition coefficient (Wildman–Crippen LogP) is 3.11. The fourth-order valence-corrected chi connectivity index (χ4v) is 2.82. The molecule has 2 aromatic rings. The molecule has 0 radical (unpaired) electrons. The highest BCUT2D eigenvalue weighted by atomic mass is 16.2. The van der Waals surface area contributed by atoms with E-state index < -0.39 is 0 Å². The smallest absolute Gasteiger partial charge is 0.275 e. The van der Waals surface area contributed by atoms with Crippen molar-refractivity contribution in [1.82, 2.24) is 5.43 Å². The fourth-order valence-electron chi connectivity index (χ4n) is 2.82. The van der Waals surface area contributed by atoms with E-state index in [4.69, 9.17) is 0 Å². The highest BCUT2D eigenvalue weighted by Gasteiger charge is 2.27. The van der Waals surface area contributed by atoms with Gasteiger partial charge < -0.3 is 5.32 Å². The predicted molar refractivity (Wildman–Crippen MR) is 91.8 cm³/mol. The molecule has 0 unspecified atom stereocenters. The molecule has 0 saturated carbocycles. The van der Waals surface area contributed by atoms with E-state index in [0.717, 1.165) is 28.2 Å². The minimum atomic E-state index is -0.164. The van der Waals surface area contributed by atoms with Gasteiger partial charge in [-0.2, -0.15) is 5.10 Å². The van der Waals surface area contributed by atoms with Gasteiger partial charge in [-0.25, -0.2) is 5.43 Å². The molecule has 112 valence electrons. The normalized spacial score (nSPS) is 19.0. The first-order valence-corrected chi connectivity index (χ1v) is 7.51. The molecule has 0 aromatic heterocycles. The number of fused-ring (bicyclic) bond motifs is 1. The van der Waals surface area contributed by atoms with Gasteiger partial charge in [-0.15, -0.1) is 0 Å². The van der Waals surface area contributed by atoms with E-state index in [9.17, 15) is 4.79 Å². The third-order valence-electron chi connectivity index (χ3n) is 3.95. The van der Waals surface area contributed by atoms with E-state index in [0.29, 0.717) is 12.0 Å². The largest absolute Gasteiger partial charge is 0.354 e. The van der Waals surface area contributed by atoms with Crippen LogP contribution in [0.1, 0.15) is 11.1 Å². The number of para-hydroxylation sites is 1. The van der Waals surface area contributed by atoms with Crippen LogP contribution in [0.2, 0.25) is 0 Å². The summed E-state index contributed by atoms with van der Waals surface area (Å²) in [7, 11) is 0. The molecule has 0 spiro atoms. The lowest BCUT2D eigenvalue weighted by Gasteiger charge is -2.17. The van der Waals surface area contributed by atoms with Gasteiger partial charge in [0.1, 0.15) is 0 Å². The average molecular weight is 301 g/mol. The number of nitrogens with one attached hydrogen (secondary N) is 2.